The normalized spacial score (nSPS) is 11.3. The van der Waals surface area contributed by atoms with E-state index in [1.807, 2.05) is 51.1 Å². The first kappa shape index (κ1) is 26.6. The lowest BCUT2D eigenvalue weighted by molar-refractivity contribution is 0.0232. The van der Waals surface area contributed by atoms with Crippen LogP contribution >= 0.6 is 24.0 Å². The number of hydrogen-bond acceptors (Lipinski definition) is 5. The highest BCUT2D eigenvalue weighted by atomic mass is 127. The molecule has 8 nitrogen and oxygen atoms in total. The number of halogens is 1. The van der Waals surface area contributed by atoms with E-state index < -0.39 is 5.60 Å². The maximum Gasteiger partial charge on any atom is 0.410 e. The van der Waals surface area contributed by atoms with Crippen molar-refractivity contribution in [3.63, 3.8) is 0 Å². The molecule has 31 heavy (non-hydrogen) atoms. The molecule has 0 radical (unpaired) electrons. The first-order chi connectivity index (χ1) is 14.4. The van der Waals surface area contributed by atoms with Gasteiger partial charge in [-0.05, 0) is 51.0 Å². The van der Waals surface area contributed by atoms with Gasteiger partial charge in [0.2, 0.25) is 0 Å². The third kappa shape index (κ3) is 11.0. The monoisotopic (exact) mass is 540 g/mol. The van der Waals surface area contributed by atoms with E-state index in [1.165, 1.54) is 0 Å². The van der Waals surface area contributed by atoms with Crippen LogP contribution in [0.4, 0.5) is 4.79 Å². The summed E-state index contributed by atoms with van der Waals surface area (Å²) in [5.74, 6) is 0.691. The van der Waals surface area contributed by atoms with Gasteiger partial charge in [0.05, 0.1) is 18.8 Å². The van der Waals surface area contributed by atoms with E-state index in [0.29, 0.717) is 32.1 Å². The van der Waals surface area contributed by atoms with E-state index in [1.54, 1.807) is 30.5 Å². The van der Waals surface area contributed by atoms with Crippen LogP contribution in [-0.4, -0.2) is 52.7 Å². The fourth-order valence-electron chi connectivity index (χ4n) is 2.65. The van der Waals surface area contributed by atoms with Crippen LogP contribution < -0.4 is 10.6 Å². The molecular weight excluding hydrogens is 507 g/mol. The summed E-state index contributed by atoms with van der Waals surface area (Å²) in [5.41, 5.74) is 1.36. The first-order valence-electron chi connectivity index (χ1n) is 10.1. The number of rotatable bonds is 8. The zero-order chi connectivity index (χ0) is 21.8. The maximum atomic E-state index is 12.6. The summed E-state index contributed by atoms with van der Waals surface area (Å²) in [6, 6.07) is 9.61. The van der Waals surface area contributed by atoms with Gasteiger partial charge in [-0.2, -0.15) is 0 Å². The number of carbonyl (C=O) groups is 1. The number of hydrogen-bond donors (Lipinski definition) is 2. The zero-order valence-corrected chi connectivity index (χ0v) is 21.0. The minimum absolute atomic E-state index is 0. The lowest BCUT2D eigenvalue weighted by atomic mass is 10.2. The Morgan fingerprint density at radius 3 is 2.58 bits per heavy atom. The number of aromatic nitrogens is 2. The summed E-state index contributed by atoms with van der Waals surface area (Å²) < 4.78 is 5.56. The molecule has 0 bridgehead atoms. The second-order valence-electron chi connectivity index (χ2n) is 7.79. The summed E-state index contributed by atoms with van der Waals surface area (Å²) in [5, 5.41) is 6.50. The van der Waals surface area contributed by atoms with Gasteiger partial charge in [-0.3, -0.25) is 15.0 Å². The fourth-order valence-corrected chi connectivity index (χ4v) is 2.65. The highest BCUT2D eigenvalue weighted by molar-refractivity contribution is 14.0. The summed E-state index contributed by atoms with van der Waals surface area (Å²) >= 11 is 0. The van der Waals surface area contributed by atoms with Gasteiger partial charge in [0.15, 0.2) is 5.96 Å². The number of nitrogens with one attached hydrogen (secondary N) is 2. The van der Waals surface area contributed by atoms with Crippen molar-refractivity contribution in [2.75, 3.05) is 20.1 Å². The Morgan fingerprint density at radius 2 is 1.97 bits per heavy atom. The molecule has 0 aliphatic rings. The topological polar surface area (TPSA) is 91.7 Å². The minimum Gasteiger partial charge on any atom is -0.444 e. The molecule has 2 aromatic heterocycles. The molecule has 2 rings (SSSR count). The molecule has 0 aromatic carbocycles. The fraction of sp³-hybridized carbons (Fsp3) is 0.455. The quantitative estimate of drug-likeness (QED) is 0.230. The predicted octanol–water partition coefficient (Wildman–Crippen LogP) is 3.59. The van der Waals surface area contributed by atoms with Gasteiger partial charge in [-0.1, -0.05) is 12.1 Å². The van der Waals surface area contributed by atoms with Crippen molar-refractivity contribution < 1.29 is 9.53 Å². The van der Waals surface area contributed by atoms with Crippen LogP contribution in [0.2, 0.25) is 0 Å². The van der Waals surface area contributed by atoms with Crippen LogP contribution in [0.5, 0.6) is 0 Å². The number of amides is 1. The van der Waals surface area contributed by atoms with E-state index in [9.17, 15) is 4.79 Å². The average molecular weight is 540 g/mol. The molecule has 0 aliphatic heterocycles. The molecule has 0 fully saturated rings. The van der Waals surface area contributed by atoms with Crippen LogP contribution in [0, 0.1) is 0 Å². The first-order valence-corrected chi connectivity index (χ1v) is 10.1. The van der Waals surface area contributed by atoms with Gasteiger partial charge in [0.1, 0.15) is 5.60 Å². The van der Waals surface area contributed by atoms with Gasteiger partial charge >= 0.3 is 6.09 Å². The lowest BCUT2D eigenvalue weighted by Crippen LogP contribution is -2.40. The lowest BCUT2D eigenvalue weighted by Gasteiger charge is -2.27. The van der Waals surface area contributed by atoms with Crippen LogP contribution in [0.15, 0.2) is 53.9 Å². The molecule has 0 atom stereocenters. The Kier molecular flexibility index (Phi) is 11.8. The van der Waals surface area contributed by atoms with Crippen LogP contribution in [-0.2, 0) is 17.8 Å². The molecule has 170 valence electrons. The summed E-state index contributed by atoms with van der Waals surface area (Å²) in [4.78, 5) is 27.0. The van der Waals surface area contributed by atoms with Crippen molar-refractivity contribution in [2.45, 2.75) is 45.9 Å². The Balaban J connectivity index is 0.00000480. The minimum atomic E-state index is -0.542. The molecule has 2 aromatic rings. The van der Waals surface area contributed by atoms with Gasteiger partial charge in [0, 0.05) is 38.7 Å². The number of nitrogens with zero attached hydrogens (tertiary/aromatic N) is 4. The standard InChI is InChI=1S/C22H32N6O2.HI/c1-22(2,3)30-21(29)28(17-18-9-7-11-24-15-18)14-8-13-26-20(23-4)27-16-19-10-5-6-12-25-19;/h5-7,9-12,15H,8,13-14,16-17H2,1-4H3,(H2,23,26,27);1H. The molecule has 0 spiro atoms. The SMILES string of the molecule is CN=C(NCCCN(Cc1cccnc1)C(=O)OC(C)(C)C)NCc1ccccn1.I. The van der Waals surface area contributed by atoms with Crippen LogP contribution in [0.3, 0.4) is 0 Å². The van der Waals surface area contributed by atoms with Crippen molar-refractivity contribution in [1.82, 2.24) is 25.5 Å². The van der Waals surface area contributed by atoms with Crippen molar-refractivity contribution in [3.8, 4) is 0 Å². The average Bonchev–Trinajstić information content (AvgIpc) is 2.72. The van der Waals surface area contributed by atoms with E-state index in [0.717, 1.165) is 17.7 Å². The number of aliphatic imine (C=N–C) groups is 1. The summed E-state index contributed by atoms with van der Waals surface area (Å²) in [6.45, 7) is 7.85. The highest BCUT2D eigenvalue weighted by Gasteiger charge is 2.22. The molecule has 2 N–H and O–H groups in total. The maximum absolute atomic E-state index is 12.6. The molecular formula is C22H33IN6O2. The van der Waals surface area contributed by atoms with Gasteiger partial charge in [0.25, 0.3) is 0 Å². The van der Waals surface area contributed by atoms with Gasteiger partial charge in [-0.25, -0.2) is 4.79 Å². The summed E-state index contributed by atoms with van der Waals surface area (Å²) in [7, 11) is 1.73. The number of guanidine groups is 1. The second-order valence-corrected chi connectivity index (χ2v) is 7.79. The largest absolute Gasteiger partial charge is 0.444 e. The molecule has 9 heteroatoms. The van der Waals surface area contributed by atoms with Crippen molar-refractivity contribution in [1.29, 1.82) is 0 Å². The van der Waals surface area contributed by atoms with E-state index in [-0.39, 0.29) is 30.1 Å². The number of ether oxygens (including phenoxy) is 1. The van der Waals surface area contributed by atoms with E-state index >= 15 is 0 Å². The molecule has 0 unspecified atom stereocenters. The van der Waals surface area contributed by atoms with Gasteiger partial charge < -0.3 is 20.3 Å². The summed E-state index contributed by atoms with van der Waals surface area (Å²) in [6.07, 6.45) is 5.65. The third-order valence-electron chi connectivity index (χ3n) is 4.03. The Labute approximate surface area is 201 Å². The van der Waals surface area contributed by atoms with E-state index in [4.69, 9.17) is 4.74 Å². The predicted molar refractivity (Wildman–Crippen MR) is 133 cm³/mol. The van der Waals surface area contributed by atoms with Crippen LogP contribution in [0.1, 0.15) is 38.4 Å². The second kappa shape index (κ2) is 13.8. The van der Waals surface area contributed by atoms with Crippen molar-refractivity contribution in [3.05, 3.63) is 60.2 Å². The molecule has 2 heterocycles. The third-order valence-corrected chi connectivity index (χ3v) is 4.03. The number of carbonyl (C=O) groups excluding carboxylic acids is 1. The Morgan fingerprint density at radius 1 is 1.16 bits per heavy atom. The molecule has 0 saturated carbocycles. The molecule has 0 aliphatic carbocycles. The zero-order valence-electron chi connectivity index (χ0n) is 18.7. The Bertz CT molecular complexity index is 797. The molecule has 0 saturated heterocycles. The van der Waals surface area contributed by atoms with Crippen molar-refractivity contribution in [2.24, 2.45) is 4.99 Å². The Hall–Kier alpha value is -2.43. The van der Waals surface area contributed by atoms with Crippen molar-refractivity contribution >= 4 is 36.0 Å². The molecule has 1 amide bonds. The van der Waals surface area contributed by atoms with Gasteiger partial charge in [-0.15, -0.1) is 24.0 Å². The number of pyridine rings is 2. The van der Waals surface area contributed by atoms with E-state index in [2.05, 4.69) is 25.6 Å². The smallest absolute Gasteiger partial charge is 0.410 e. The highest BCUT2D eigenvalue weighted by Crippen LogP contribution is 2.12. The van der Waals surface area contributed by atoms with Crippen LogP contribution in [0.25, 0.3) is 0 Å².